The van der Waals surface area contributed by atoms with Crippen molar-refractivity contribution in [2.75, 3.05) is 0 Å². The van der Waals surface area contributed by atoms with Crippen LogP contribution in [0.2, 0.25) is 0 Å². The second-order valence-electron chi connectivity index (χ2n) is 4.02. The largest absolute Gasteiger partial charge is 0.391 e. The van der Waals surface area contributed by atoms with E-state index < -0.39 is 6.10 Å². The minimum atomic E-state index is -0.396. The van der Waals surface area contributed by atoms with Crippen LogP contribution in [0.4, 0.5) is 0 Å². The highest BCUT2D eigenvalue weighted by Gasteiger charge is 2.12. The van der Waals surface area contributed by atoms with Crippen LogP contribution in [0.15, 0.2) is 24.8 Å². The van der Waals surface area contributed by atoms with Crippen LogP contribution in [0.5, 0.6) is 0 Å². The number of pyridine rings is 1. The van der Waals surface area contributed by atoms with Gasteiger partial charge in [0.25, 0.3) is 0 Å². The van der Waals surface area contributed by atoms with E-state index in [1.807, 2.05) is 19.9 Å². The molecule has 0 aromatic carbocycles. The second-order valence-corrected chi connectivity index (χ2v) is 4.02. The summed E-state index contributed by atoms with van der Waals surface area (Å²) < 4.78 is 1.72. The van der Waals surface area contributed by atoms with Gasteiger partial charge in [-0.15, -0.1) is 0 Å². The summed E-state index contributed by atoms with van der Waals surface area (Å²) in [5.74, 6) is 0.753. The first kappa shape index (κ1) is 11.7. The Hall–Kier alpha value is -1.75. The molecule has 0 radical (unpaired) electrons. The van der Waals surface area contributed by atoms with Gasteiger partial charge in [0.1, 0.15) is 6.33 Å². The van der Waals surface area contributed by atoms with Crippen molar-refractivity contribution < 1.29 is 5.11 Å². The minimum Gasteiger partial charge on any atom is -0.391 e. The molecule has 0 spiro atoms. The molecule has 0 fully saturated rings. The Balaban J connectivity index is 2.34. The summed E-state index contributed by atoms with van der Waals surface area (Å²) in [4.78, 5) is 8.33. The van der Waals surface area contributed by atoms with Gasteiger partial charge in [0.2, 0.25) is 0 Å². The van der Waals surface area contributed by atoms with E-state index in [0.717, 1.165) is 17.0 Å². The Kier molecular flexibility index (Phi) is 3.49. The predicted molar refractivity (Wildman–Crippen MR) is 64.3 cm³/mol. The first-order chi connectivity index (χ1) is 8.22. The number of aromatic nitrogens is 4. The Bertz CT molecular complexity index is 495. The number of aryl methyl sites for hydroxylation is 1. The van der Waals surface area contributed by atoms with Crippen LogP contribution >= 0.6 is 0 Å². The number of hydrogen-bond donors (Lipinski definition) is 1. The summed E-state index contributed by atoms with van der Waals surface area (Å²) in [6.45, 7) is 4.41. The highest BCUT2D eigenvalue weighted by molar-refractivity contribution is 5.58. The van der Waals surface area contributed by atoms with Crippen molar-refractivity contribution in [1.82, 2.24) is 19.7 Å². The van der Waals surface area contributed by atoms with Gasteiger partial charge in [0.05, 0.1) is 12.6 Å². The molecule has 2 rings (SSSR count). The van der Waals surface area contributed by atoms with Crippen LogP contribution in [0, 0.1) is 6.92 Å². The Labute approximate surface area is 100 Å². The minimum absolute atomic E-state index is 0.396. The first-order valence-electron chi connectivity index (χ1n) is 5.69. The van der Waals surface area contributed by atoms with Crippen molar-refractivity contribution in [3.8, 4) is 11.4 Å². The third kappa shape index (κ3) is 2.50. The lowest BCUT2D eigenvalue weighted by Gasteiger charge is -2.11. The van der Waals surface area contributed by atoms with Crippen molar-refractivity contribution in [3.05, 3.63) is 30.4 Å². The highest BCUT2D eigenvalue weighted by atomic mass is 16.3. The van der Waals surface area contributed by atoms with Gasteiger partial charge in [-0.05, 0) is 25.0 Å². The molecule has 0 aliphatic rings. The van der Waals surface area contributed by atoms with Crippen molar-refractivity contribution in [2.45, 2.75) is 32.9 Å². The van der Waals surface area contributed by atoms with Crippen LogP contribution < -0.4 is 0 Å². The Morgan fingerprint density at radius 3 is 3.00 bits per heavy atom. The van der Waals surface area contributed by atoms with Crippen molar-refractivity contribution >= 4 is 0 Å². The molecule has 2 heterocycles. The van der Waals surface area contributed by atoms with Crippen molar-refractivity contribution in [1.29, 1.82) is 0 Å². The summed E-state index contributed by atoms with van der Waals surface area (Å²) in [6, 6.07) is 1.94. The molecule has 0 aliphatic heterocycles. The van der Waals surface area contributed by atoms with E-state index in [2.05, 4.69) is 15.1 Å². The zero-order valence-corrected chi connectivity index (χ0v) is 10.0. The second kappa shape index (κ2) is 5.05. The molecule has 5 nitrogen and oxygen atoms in total. The molecule has 2 aromatic heterocycles. The van der Waals surface area contributed by atoms with Gasteiger partial charge in [-0.2, -0.15) is 5.10 Å². The summed E-state index contributed by atoms with van der Waals surface area (Å²) in [6.07, 6.45) is 5.33. The zero-order valence-electron chi connectivity index (χ0n) is 10.0. The fraction of sp³-hybridized carbons (Fsp3) is 0.417. The normalized spacial score (nSPS) is 12.6. The topological polar surface area (TPSA) is 63.8 Å². The smallest absolute Gasteiger partial charge is 0.159 e. The fourth-order valence-electron chi connectivity index (χ4n) is 1.63. The third-order valence-corrected chi connectivity index (χ3v) is 2.75. The molecule has 0 aliphatic carbocycles. The van der Waals surface area contributed by atoms with Gasteiger partial charge < -0.3 is 5.11 Å². The van der Waals surface area contributed by atoms with E-state index in [0.29, 0.717) is 13.0 Å². The molecule has 90 valence electrons. The molecular weight excluding hydrogens is 216 g/mol. The van der Waals surface area contributed by atoms with E-state index in [-0.39, 0.29) is 0 Å². The molecular formula is C12H16N4O. The van der Waals surface area contributed by atoms with E-state index in [4.69, 9.17) is 0 Å². The Morgan fingerprint density at radius 1 is 1.47 bits per heavy atom. The maximum atomic E-state index is 9.67. The maximum Gasteiger partial charge on any atom is 0.159 e. The van der Waals surface area contributed by atoms with Crippen LogP contribution in [0.25, 0.3) is 11.4 Å². The lowest BCUT2D eigenvalue weighted by atomic mass is 10.1. The van der Waals surface area contributed by atoms with E-state index in [1.54, 1.807) is 17.1 Å². The van der Waals surface area contributed by atoms with Crippen LogP contribution in [0.3, 0.4) is 0 Å². The SMILES string of the molecule is CCC(O)Cn1ncnc1-c1cnccc1C. The average molecular weight is 232 g/mol. The zero-order chi connectivity index (χ0) is 12.3. The number of nitrogens with zero attached hydrogens (tertiary/aromatic N) is 4. The highest BCUT2D eigenvalue weighted by Crippen LogP contribution is 2.19. The van der Waals surface area contributed by atoms with E-state index in [9.17, 15) is 5.11 Å². The van der Waals surface area contributed by atoms with Gasteiger partial charge >= 0.3 is 0 Å². The molecule has 0 saturated carbocycles. The molecule has 0 amide bonds. The summed E-state index contributed by atoms with van der Waals surface area (Å²) in [5.41, 5.74) is 2.05. The molecule has 17 heavy (non-hydrogen) atoms. The van der Waals surface area contributed by atoms with Crippen LogP contribution in [0.1, 0.15) is 18.9 Å². The third-order valence-electron chi connectivity index (χ3n) is 2.75. The molecule has 5 heteroatoms. The molecule has 1 atom stereocenters. The molecule has 1 unspecified atom stereocenters. The molecule has 0 bridgehead atoms. The van der Waals surface area contributed by atoms with Gasteiger partial charge in [-0.1, -0.05) is 6.92 Å². The molecule has 1 N–H and O–H groups in total. The number of aliphatic hydroxyl groups excluding tert-OH is 1. The first-order valence-corrected chi connectivity index (χ1v) is 5.69. The van der Waals surface area contributed by atoms with Crippen molar-refractivity contribution in [3.63, 3.8) is 0 Å². The lowest BCUT2D eigenvalue weighted by Crippen LogP contribution is -2.16. The monoisotopic (exact) mass is 232 g/mol. The van der Waals surface area contributed by atoms with Gasteiger partial charge in [0, 0.05) is 18.0 Å². The standard InChI is InChI=1S/C12H16N4O/c1-3-10(17)7-16-12(14-8-15-16)11-6-13-5-4-9(11)2/h4-6,8,10,17H,3,7H2,1-2H3. The van der Waals surface area contributed by atoms with Gasteiger partial charge in [-0.3, -0.25) is 4.98 Å². The summed E-state index contributed by atoms with van der Waals surface area (Å²) >= 11 is 0. The predicted octanol–water partition coefficient (Wildman–Crippen LogP) is 1.42. The maximum absolute atomic E-state index is 9.67. The van der Waals surface area contributed by atoms with Gasteiger partial charge in [0.15, 0.2) is 5.82 Å². The van der Waals surface area contributed by atoms with Crippen molar-refractivity contribution in [2.24, 2.45) is 0 Å². The van der Waals surface area contributed by atoms with E-state index in [1.165, 1.54) is 6.33 Å². The van der Waals surface area contributed by atoms with Crippen LogP contribution in [-0.4, -0.2) is 31.0 Å². The fourth-order valence-corrected chi connectivity index (χ4v) is 1.63. The Morgan fingerprint density at radius 2 is 2.29 bits per heavy atom. The molecule has 2 aromatic rings. The van der Waals surface area contributed by atoms with Crippen LogP contribution in [-0.2, 0) is 6.54 Å². The van der Waals surface area contributed by atoms with Gasteiger partial charge in [-0.25, -0.2) is 9.67 Å². The lowest BCUT2D eigenvalue weighted by molar-refractivity contribution is 0.146. The average Bonchev–Trinajstić information content (AvgIpc) is 2.77. The quantitative estimate of drug-likeness (QED) is 0.865. The van der Waals surface area contributed by atoms with E-state index >= 15 is 0 Å². The number of hydrogen-bond acceptors (Lipinski definition) is 4. The number of rotatable bonds is 4. The molecule has 0 saturated heterocycles. The summed E-state index contributed by atoms with van der Waals surface area (Å²) in [7, 11) is 0. The summed E-state index contributed by atoms with van der Waals surface area (Å²) in [5, 5.41) is 13.8. The number of aliphatic hydroxyl groups is 1.